The van der Waals surface area contributed by atoms with Crippen LogP contribution in [-0.2, 0) is 4.79 Å². The lowest BCUT2D eigenvalue weighted by Gasteiger charge is -2.21. The first-order valence-electron chi connectivity index (χ1n) is 11.0. The molecule has 2 heterocycles. The minimum absolute atomic E-state index is 0.114. The molecule has 1 atom stereocenters. The van der Waals surface area contributed by atoms with Crippen LogP contribution in [-0.4, -0.2) is 21.6 Å². The van der Waals surface area contributed by atoms with E-state index >= 15 is 0 Å². The molecule has 0 fully saturated rings. The summed E-state index contributed by atoms with van der Waals surface area (Å²) < 4.78 is 0. The maximum absolute atomic E-state index is 13.4. The predicted octanol–water partition coefficient (Wildman–Crippen LogP) is 6.59. The van der Waals surface area contributed by atoms with Crippen molar-refractivity contribution in [2.24, 2.45) is 5.10 Å². The minimum Gasteiger partial charge on any atom is -0.321 e. The summed E-state index contributed by atoms with van der Waals surface area (Å²) in [6.45, 7) is 1.80. The third kappa shape index (κ3) is 4.02. The third-order valence-corrected chi connectivity index (χ3v) is 6.54. The summed E-state index contributed by atoms with van der Waals surface area (Å²) in [5.41, 5.74) is 3.98. The highest BCUT2D eigenvalue weighted by Gasteiger charge is 2.34. The van der Waals surface area contributed by atoms with E-state index in [9.17, 15) is 9.59 Å². The monoisotopic (exact) mass is 489 g/mol. The molecule has 34 heavy (non-hydrogen) atoms. The molecule has 5 nitrogen and oxygen atoms in total. The molecule has 1 unspecified atom stereocenters. The zero-order valence-electron chi connectivity index (χ0n) is 18.4. The Labute approximate surface area is 206 Å². The van der Waals surface area contributed by atoms with E-state index in [0.717, 1.165) is 22.1 Å². The number of benzene rings is 3. The van der Waals surface area contributed by atoms with Crippen molar-refractivity contribution >= 4 is 45.7 Å². The second-order valence-corrected chi connectivity index (χ2v) is 9.04. The average molecular weight is 490 g/mol. The van der Waals surface area contributed by atoms with Crippen LogP contribution in [0.1, 0.15) is 36.9 Å². The van der Waals surface area contributed by atoms with Crippen LogP contribution >= 0.6 is 23.2 Å². The van der Waals surface area contributed by atoms with E-state index in [1.807, 2.05) is 48.5 Å². The van der Waals surface area contributed by atoms with Crippen LogP contribution in [0.3, 0.4) is 0 Å². The Morgan fingerprint density at radius 1 is 1.00 bits per heavy atom. The van der Waals surface area contributed by atoms with Crippen molar-refractivity contribution in [1.82, 2.24) is 9.99 Å². The Bertz CT molecular complexity index is 1480. The van der Waals surface area contributed by atoms with E-state index in [4.69, 9.17) is 28.3 Å². The largest absolute Gasteiger partial charge is 0.321 e. The molecule has 1 aliphatic heterocycles. The molecule has 0 bridgehead atoms. The van der Waals surface area contributed by atoms with Crippen LogP contribution in [0.5, 0.6) is 0 Å². The highest BCUT2D eigenvalue weighted by molar-refractivity contribution is 6.31. The molecule has 1 N–H and O–H groups in total. The number of hydrogen-bond acceptors (Lipinski definition) is 3. The first-order chi connectivity index (χ1) is 16.5. The summed E-state index contributed by atoms with van der Waals surface area (Å²) in [7, 11) is 0. The molecule has 1 aliphatic rings. The van der Waals surface area contributed by atoms with E-state index in [-0.39, 0.29) is 17.5 Å². The summed E-state index contributed by atoms with van der Waals surface area (Å²) in [4.78, 5) is 29.2. The summed E-state index contributed by atoms with van der Waals surface area (Å²) >= 11 is 12.4. The number of aromatic amines is 1. The number of nitrogens with one attached hydrogen (secondary N) is 1. The zero-order chi connectivity index (χ0) is 23.8. The molecule has 1 amide bonds. The lowest BCUT2D eigenvalue weighted by Crippen LogP contribution is -2.26. The number of hydrogen-bond donors (Lipinski definition) is 1. The van der Waals surface area contributed by atoms with Gasteiger partial charge in [0.2, 0.25) is 5.91 Å². The molecule has 1 aromatic heterocycles. The van der Waals surface area contributed by atoms with Gasteiger partial charge in [-0.3, -0.25) is 9.59 Å². The van der Waals surface area contributed by atoms with Gasteiger partial charge in [0.25, 0.3) is 5.56 Å². The minimum atomic E-state index is -0.321. The molecule has 0 aliphatic carbocycles. The van der Waals surface area contributed by atoms with Gasteiger partial charge in [-0.15, -0.1) is 0 Å². The predicted molar refractivity (Wildman–Crippen MR) is 137 cm³/mol. The Balaban J connectivity index is 1.74. The molecule has 3 aromatic carbocycles. The van der Waals surface area contributed by atoms with Crippen molar-refractivity contribution in [2.45, 2.75) is 25.8 Å². The fraction of sp³-hybridized carbons (Fsp3) is 0.148. The van der Waals surface area contributed by atoms with Gasteiger partial charge in [-0.2, -0.15) is 5.10 Å². The summed E-state index contributed by atoms with van der Waals surface area (Å²) in [6, 6.07) is 22.2. The molecule has 0 saturated heterocycles. The van der Waals surface area contributed by atoms with Crippen LogP contribution in [0.25, 0.3) is 22.0 Å². The number of nitrogens with zero attached hydrogens (tertiary/aromatic N) is 2. The van der Waals surface area contributed by atoms with Crippen LogP contribution in [0.2, 0.25) is 10.0 Å². The Morgan fingerprint density at radius 3 is 2.41 bits per heavy atom. The SMILES string of the molecule is CCC(=O)N1N=C(c2c(-c3ccccc3)c3cc(Cl)ccc3[nH]c2=O)CC1c1ccc(Cl)cc1. The topological polar surface area (TPSA) is 65.5 Å². The van der Waals surface area contributed by atoms with Gasteiger partial charge in [0.15, 0.2) is 0 Å². The van der Waals surface area contributed by atoms with Crippen LogP contribution in [0, 0.1) is 0 Å². The van der Waals surface area contributed by atoms with Gasteiger partial charge in [-0.25, -0.2) is 5.01 Å². The molecule has 0 spiro atoms. The molecule has 0 radical (unpaired) electrons. The number of aromatic nitrogens is 1. The Hall–Kier alpha value is -3.41. The molecular weight excluding hydrogens is 469 g/mol. The first-order valence-corrected chi connectivity index (χ1v) is 11.8. The summed E-state index contributed by atoms with van der Waals surface area (Å²) in [6.07, 6.45) is 0.707. The van der Waals surface area contributed by atoms with Gasteiger partial charge in [0.1, 0.15) is 0 Å². The maximum atomic E-state index is 13.4. The number of halogens is 2. The fourth-order valence-electron chi connectivity index (χ4n) is 4.44. The third-order valence-electron chi connectivity index (χ3n) is 6.05. The Kier molecular flexibility index (Phi) is 5.98. The van der Waals surface area contributed by atoms with Gasteiger partial charge >= 0.3 is 0 Å². The van der Waals surface area contributed by atoms with Crippen LogP contribution in [0.15, 0.2) is 82.7 Å². The lowest BCUT2D eigenvalue weighted by atomic mass is 9.91. The number of hydrazone groups is 1. The molecular formula is C27H21Cl2N3O2. The van der Waals surface area contributed by atoms with Crippen molar-refractivity contribution in [2.75, 3.05) is 0 Å². The van der Waals surface area contributed by atoms with Gasteiger partial charge < -0.3 is 4.98 Å². The number of H-pyrrole nitrogens is 1. The number of amides is 1. The molecule has 4 aromatic rings. The van der Waals surface area contributed by atoms with E-state index in [1.54, 1.807) is 31.2 Å². The smallest absolute Gasteiger partial charge is 0.258 e. The molecule has 7 heteroatoms. The van der Waals surface area contributed by atoms with Gasteiger partial charge in [-0.1, -0.05) is 72.6 Å². The lowest BCUT2D eigenvalue weighted by molar-refractivity contribution is -0.132. The highest BCUT2D eigenvalue weighted by Crippen LogP contribution is 2.37. The van der Waals surface area contributed by atoms with Crippen LogP contribution < -0.4 is 5.56 Å². The number of carbonyl (C=O) groups excluding carboxylic acids is 1. The summed E-state index contributed by atoms with van der Waals surface area (Å²) in [5.74, 6) is -0.114. The van der Waals surface area contributed by atoms with Crippen molar-refractivity contribution in [3.8, 4) is 11.1 Å². The normalized spacial score (nSPS) is 15.6. The van der Waals surface area contributed by atoms with Gasteiger partial charge in [0.05, 0.1) is 17.3 Å². The standard InChI is InChI=1S/C27H21Cl2N3O2/c1-2-24(33)32-23(16-8-10-18(28)11-9-16)15-22(31-32)26-25(17-6-4-3-5-7-17)20-14-19(29)12-13-21(20)30-27(26)34/h3-14,23H,2,15H2,1H3,(H,30,34). The summed E-state index contributed by atoms with van der Waals surface area (Å²) in [5, 5.41) is 8.20. The molecule has 5 rings (SSSR count). The average Bonchev–Trinajstić information content (AvgIpc) is 3.29. The first kappa shape index (κ1) is 22.4. The maximum Gasteiger partial charge on any atom is 0.258 e. The van der Waals surface area contributed by atoms with E-state index in [1.165, 1.54) is 5.01 Å². The molecule has 0 saturated carbocycles. The second-order valence-electron chi connectivity index (χ2n) is 8.17. The van der Waals surface area contributed by atoms with Crippen molar-refractivity contribution in [1.29, 1.82) is 0 Å². The fourth-order valence-corrected chi connectivity index (χ4v) is 4.74. The van der Waals surface area contributed by atoms with Crippen molar-refractivity contribution < 1.29 is 4.79 Å². The number of pyridine rings is 1. The van der Waals surface area contributed by atoms with E-state index in [2.05, 4.69) is 4.98 Å². The van der Waals surface area contributed by atoms with Crippen molar-refractivity contribution in [3.05, 3.63) is 104 Å². The zero-order valence-corrected chi connectivity index (χ0v) is 19.9. The quantitative estimate of drug-likeness (QED) is 0.351. The van der Waals surface area contributed by atoms with E-state index in [0.29, 0.717) is 39.7 Å². The van der Waals surface area contributed by atoms with Gasteiger partial charge in [0, 0.05) is 39.4 Å². The van der Waals surface area contributed by atoms with Gasteiger partial charge in [-0.05, 0) is 41.5 Å². The second kappa shape index (κ2) is 9.09. The van der Waals surface area contributed by atoms with Crippen LogP contribution in [0.4, 0.5) is 0 Å². The Morgan fingerprint density at radius 2 is 1.71 bits per heavy atom. The molecule has 170 valence electrons. The number of carbonyl (C=O) groups is 1. The van der Waals surface area contributed by atoms with E-state index < -0.39 is 0 Å². The van der Waals surface area contributed by atoms with Crippen molar-refractivity contribution in [3.63, 3.8) is 0 Å². The highest BCUT2D eigenvalue weighted by atomic mass is 35.5. The number of rotatable bonds is 4. The number of fused-ring (bicyclic) bond motifs is 1.